The lowest BCUT2D eigenvalue weighted by Gasteiger charge is -2.18. The average molecular weight is 368 g/mol. The monoisotopic (exact) mass is 367 g/mol. The topological polar surface area (TPSA) is 12.0 Å². The number of nitrogens with one attached hydrogen (secondary N) is 1. The zero-order valence-electron chi connectivity index (χ0n) is 12.2. The van der Waals surface area contributed by atoms with Crippen molar-refractivity contribution in [3.05, 3.63) is 58.3 Å². The van der Waals surface area contributed by atoms with Crippen LogP contribution in [0.5, 0.6) is 0 Å². The summed E-state index contributed by atoms with van der Waals surface area (Å²) in [5.41, 5.74) is 1.26. The molecule has 0 amide bonds. The summed E-state index contributed by atoms with van der Waals surface area (Å²) in [6, 6.07) is 13.2. The summed E-state index contributed by atoms with van der Waals surface area (Å²) >= 11 is 5.21. The Bertz CT molecular complexity index is 586. The summed E-state index contributed by atoms with van der Waals surface area (Å²) in [5.74, 6) is -0.201. The van der Waals surface area contributed by atoms with Crippen molar-refractivity contribution in [2.45, 2.75) is 36.1 Å². The van der Waals surface area contributed by atoms with Crippen molar-refractivity contribution in [3.8, 4) is 0 Å². The van der Waals surface area contributed by atoms with Gasteiger partial charge in [0.05, 0.1) is 0 Å². The molecule has 1 N–H and O–H groups in total. The van der Waals surface area contributed by atoms with Crippen LogP contribution in [0.2, 0.25) is 0 Å². The first-order chi connectivity index (χ1) is 10.1. The summed E-state index contributed by atoms with van der Waals surface area (Å²) < 4.78 is 14.1. The Morgan fingerprint density at radius 1 is 1.19 bits per heavy atom. The van der Waals surface area contributed by atoms with Gasteiger partial charge in [0.25, 0.3) is 0 Å². The molecule has 0 aliphatic heterocycles. The van der Waals surface area contributed by atoms with Gasteiger partial charge in [0.2, 0.25) is 0 Å². The Kier molecular flexibility index (Phi) is 6.27. The minimum atomic E-state index is -0.201. The second-order valence-electron chi connectivity index (χ2n) is 4.91. The van der Waals surface area contributed by atoms with Crippen LogP contribution in [0.25, 0.3) is 0 Å². The standard InChI is InChI=1S/C17H19BrFNS/c1-3-10-20-12(2)16-11-13(18)4-9-17(16)21-15-7-5-14(19)6-8-15/h4-9,11-12,20H,3,10H2,1-2H3. The van der Waals surface area contributed by atoms with Gasteiger partial charge in [-0.3, -0.25) is 0 Å². The first-order valence-corrected chi connectivity index (χ1v) is 8.67. The second kappa shape index (κ2) is 7.97. The van der Waals surface area contributed by atoms with Crippen molar-refractivity contribution >= 4 is 27.7 Å². The van der Waals surface area contributed by atoms with Crippen LogP contribution in [0.1, 0.15) is 31.9 Å². The predicted molar refractivity (Wildman–Crippen MR) is 91.4 cm³/mol. The van der Waals surface area contributed by atoms with Gasteiger partial charge in [-0.2, -0.15) is 0 Å². The third-order valence-electron chi connectivity index (χ3n) is 3.18. The molecule has 0 heterocycles. The van der Waals surface area contributed by atoms with Crippen molar-refractivity contribution in [3.63, 3.8) is 0 Å². The van der Waals surface area contributed by atoms with E-state index in [0.717, 1.165) is 22.3 Å². The molecular weight excluding hydrogens is 349 g/mol. The van der Waals surface area contributed by atoms with Crippen molar-refractivity contribution in [1.29, 1.82) is 0 Å². The van der Waals surface area contributed by atoms with E-state index < -0.39 is 0 Å². The summed E-state index contributed by atoms with van der Waals surface area (Å²) in [5, 5.41) is 3.52. The first kappa shape index (κ1) is 16.5. The van der Waals surface area contributed by atoms with Crippen LogP contribution in [0.3, 0.4) is 0 Å². The molecule has 1 nitrogen and oxygen atoms in total. The number of halogens is 2. The van der Waals surface area contributed by atoms with E-state index in [9.17, 15) is 4.39 Å². The maximum absolute atomic E-state index is 13.0. The van der Waals surface area contributed by atoms with E-state index >= 15 is 0 Å². The maximum atomic E-state index is 13.0. The van der Waals surface area contributed by atoms with Crippen LogP contribution in [0.4, 0.5) is 4.39 Å². The summed E-state index contributed by atoms with van der Waals surface area (Å²) in [7, 11) is 0. The van der Waals surface area contributed by atoms with Crippen LogP contribution in [0, 0.1) is 5.82 Å². The Morgan fingerprint density at radius 3 is 2.57 bits per heavy atom. The quantitative estimate of drug-likeness (QED) is 0.692. The molecule has 0 bridgehead atoms. The molecule has 0 saturated heterocycles. The largest absolute Gasteiger partial charge is 0.310 e. The zero-order valence-corrected chi connectivity index (χ0v) is 14.6. The summed E-state index contributed by atoms with van der Waals surface area (Å²) in [6.07, 6.45) is 1.11. The molecule has 0 spiro atoms. The van der Waals surface area contributed by atoms with Gasteiger partial charge < -0.3 is 5.32 Å². The number of rotatable bonds is 6. The van der Waals surface area contributed by atoms with Crippen molar-refractivity contribution in [2.24, 2.45) is 0 Å². The molecule has 2 aromatic rings. The van der Waals surface area contributed by atoms with Crippen LogP contribution >= 0.6 is 27.7 Å². The van der Waals surface area contributed by atoms with Crippen molar-refractivity contribution in [2.75, 3.05) is 6.54 Å². The van der Waals surface area contributed by atoms with Gasteiger partial charge in [-0.15, -0.1) is 0 Å². The molecule has 1 atom stereocenters. The molecule has 2 aromatic carbocycles. The molecular formula is C17H19BrFNS. The molecule has 21 heavy (non-hydrogen) atoms. The molecule has 0 aliphatic carbocycles. The van der Waals surface area contributed by atoms with Crippen LogP contribution in [-0.4, -0.2) is 6.54 Å². The molecule has 2 rings (SSSR count). The summed E-state index contributed by atoms with van der Waals surface area (Å²) in [4.78, 5) is 2.24. The van der Waals surface area contributed by atoms with E-state index in [1.165, 1.54) is 22.6 Å². The van der Waals surface area contributed by atoms with E-state index in [1.807, 2.05) is 18.2 Å². The average Bonchev–Trinajstić information content (AvgIpc) is 2.49. The Hall–Kier alpha value is -0.840. The van der Waals surface area contributed by atoms with Gasteiger partial charge >= 0.3 is 0 Å². The fourth-order valence-corrected chi connectivity index (χ4v) is 3.45. The lowest BCUT2D eigenvalue weighted by Crippen LogP contribution is -2.19. The molecule has 112 valence electrons. The molecule has 0 aromatic heterocycles. The highest BCUT2D eigenvalue weighted by molar-refractivity contribution is 9.10. The van der Waals surface area contributed by atoms with Crippen molar-refractivity contribution < 1.29 is 4.39 Å². The van der Waals surface area contributed by atoms with E-state index in [1.54, 1.807) is 11.8 Å². The van der Waals surface area contributed by atoms with Crippen LogP contribution in [0.15, 0.2) is 56.7 Å². The Labute approximate surface area is 138 Å². The van der Waals surface area contributed by atoms with Crippen molar-refractivity contribution in [1.82, 2.24) is 5.32 Å². The van der Waals surface area contributed by atoms with Gasteiger partial charge in [0.1, 0.15) is 5.82 Å². The van der Waals surface area contributed by atoms with E-state index in [-0.39, 0.29) is 11.9 Å². The second-order valence-corrected chi connectivity index (χ2v) is 6.94. The smallest absolute Gasteiger partial charge is 0.123 e. The fourth-order valence-electron chi connectivity index (χ4n) is 2.05. The zero-order chi connectivity index (χ0) is 15.2. The highest BCUT2D eigenvalue weighted by Crippen LogP contribution is 2.35. The third kappa shape index (κ3) is 4.83. The van der Waals surface area contributed by atoms with E-state index in [4.69, 9.17) is 0 Å². The van der Waals surface area contributed by atoms with E-state index in [2.05, 4.69) is 47.2 Å². The number of benzene rings is 2. The van der Waals surface area contributed by atoms with Gasteiger partial charge in [0.15, 0.2) is 0 Å². The van der Waals surface area contributed by atoms with Gasteiger partial charge in [-0.25, -0.2) is 4.39 Å². The Balaban J connectivity index is 2.23. The molecule has 0 saturated carbocycles. The van der Waals surface area contributed by atoms with Gasteiger partial charge in [-0.1, -0.05) is 34.6 Å². The van der Waals surface area contributed by atoms with Gasteiger partial charge in [0, 0.05) is 20.3 Å². The predicted octanol–water partition coefficient (Wildman–Crippen LogP) is 5.80. The van der Waals surface area contributed by atoms with Crippen LogP contribution < -0.4 is 5.32 Å². The molecule has 0 aliphatic rings. The third-order valence-corrected chi connectivity index (χ3v) is 4.77. The lowest BCUT2D eigenvalue weighted by atomic mass is 10.1. The maximum Gasteiger partial charge on any atom is 0.123 e. The highest BCUT2D eigenvalue weighted by atomic mass is 79.9. The van der Waals surface area contributed by atoms with Crippen LogP contribution in [-0.2, 0) is 0 Å². The Morgan fingerprint density at radius 2 is 1.90 bits per heavy atom. The minimum absolute atomic E-state index is 0.201. The molecule has 4 heteroatoms. The van der Waals surface area contributed by atoms with E-state index in [0.29, 0.717) is 0 Å². The normalized spacial score (nSPS) is 12.4. The molecule has 0 radical (unpaired) electrons. The van der Waals surface area contributed by atoms with Gasteiger partial charge in [-0.05, 0) is 67.9 Å². The molecule has 0 fully saturated rings. The highest BCUT2D eigenvalue weighted by Gasteiger charge is 2.12. The minimum Gasteiger partial charge on any atom is -0.310 e. The fraction of sp³-hybridized carbons (Fsp3) is 0.294. The molecule has 1 unspecified atom stereocenters. The number of hydrogen-bond donors (Lipinski definition) is 1. The first-order valence-electron chi connectivity index (χ1n) is 7.06. The SMILES string of the molecule is CCCNC(C)c1cc(Br)ccc1Sc1ccc(F)cc1. The number of hydrogen-bond acceptors (Lipinski definition) is 2. The lowest BCUT2D eigenvalue weighted by molar-refractivity contribution is 0.563. The summed E-state index contributed by atoms with van der Waals surface area (Å²) in [6.45, 7) is 5.33.